The SMILES string of the molecule is Cc1cccnc1NC1CCCc2ccccc21. The molecule has 0 aliphatic heterocycles. The zero-order valence-electron chi connectivity index (χ0n) is 10.7. The number of pyridine rings is 1. The first-order valence-electron chi connectivity index (χ1n) is 6.60. The van der Waals surface area contributed by atoms with E-state index in [1.165, 1.54) is 36.0 Å². The predicted molar refractivity (Wildman–Crippen MR) is 74.7 cm³/mol. The molecule has 1 atom stereocenters. The van der Waals surface area contributed by atoms with Gasteiger partial charge in [0.1, 0.15) is 5.82 Å². The monoisotopic (exact) mass is 238 g/mol. The van der Waals surface area contributed by atoms with Gasteiger partial charge in [-0.15, -0.1) is 0 Å². The second-order valence-electron chi connectivity index (χ2n) is 4.96. The maximum atomic E-state index is 4.43. The fourth-order valence-electron chi connectivity index (χ4n) is 2.71. The first-order chi connectivity index (χ1) is 8.84. The van der Waals surface area contributed by atoms with Crippen LogP contribution in [0.1, 0.15) is 35.6 Å². The molecule has 0 spiro atoms. The van der Waals surface area contributed by atoms with Crippen LogP contribution in [0.15, 0.2) is 42.6 Å². The van der Waals surface area contributed by atoms with E-state index in [1.54, 1.807) is 0 Å². The molecule has 0 saturated heterocycles. The van der Waals surface area contributed by atoms with Crippen LogP contribution in [0.25, 0.3) is 0 Å². The van der Waals surface area contributed by atoms with Crippen molar-refractivity contribution in [3.05, 3.63) is 59.3 Å². The Morgan fingerprint density at radius 3 is 2.94 bits per heavy atom. The van der Waals surface area contributed by atoms with Crippen molar-refractivity contribution in [2.45, 2.75) is 32.2 Å². The van der Waals surface area contributed by atoms with Crippen molar-refractivity contribution in [2.24, 2.45) is 0 Å². The van der Waals surface area contributed by atoms with Crippen LogP contribution in [0.2, 0.25) is 0 Å². The third kappa shape index (κ3) is 2.10. The summed E-state index contributed by atoms with van der Waals surface area (Å²) in [4.78, 5) is 4.43. The average molecular weight is 238 g/mol. The highest BCUT2D eigenvalue weighted by Gasteiger charge is 2.20. The zero-order chi connectivity index (χ0) is 12.4. The number of aryl methyl sites for hydroxylation is 2. The second-order valence-corrected chi connectivity index (χ2v) is 4.96. The van der Waals surface area contributed by atoms with E-state index in [0.29, 0.717) is 6.04 Å². The molecule has 0 amide bonds. The number of aromatic nitrogens is 1. The summed E-state index contributed by atoms with van der Waals surface area (Å²) in [7, 11) is 0. The smallest absolute Gasteiger partial charge is 0.129 e. The second kappa shape index (κ2) is 4.81. The topological polar surface area (TPSA) is 24.9 Å². The largest absolute Gasteiger partial charge is 0.363 e. The predicted octanol–water partition coefficient (Wildman–Crippen LogP) is 3.88. The Morgan fingerprint density at radius 2 is 2.06 bits per heavy atom. The molecule has 1 unspecified atom stereocenters. The molecule has 92 valence electrons. The fourth-order valence-corrected chi connectivity index (χ4v) is 2.71. The van der Waals surface area contributed by atoms with Crippen molar-refractivity contribution in [1.29, 1.82) is 0 Å². The minimum Gasteiger partial charge on any atom is -0.363 e. The van der Waals surface area contributed by atoms with Crippen LogP contribution in [-0.2, 0) is 6.42 Å². The number of benzene rings is 1. The van der Waals surface area contributed by atoms with Crippen LogP contribution in [-0.4, -0.2) is 4.98 Å². The molecule has 3 rings (SSSR count). The van der Waals surface area contributed by atoms with Gasteiger partial charge < -0.3 is 5.32 Å². The lowest BCUT2D eigenvalue weighted by molar-refractivity contribution is 0.598. The van der Waals surface area contributed by atoms with E-state index in [9.17, 15) is 0 Å². The number of fused-ring (bicyclic) bond motifs is 1. The Balaban J connectivity index is 1.89. The van der Waals surface area contributed by atoms with Crippen LogP contribution in [0, 0.1) is 6.92 Å². The van der Waals surface area contributed by atoms with Gasteiger partial charge in [0.05, 0.1) is 6.04 Å². The van der Waals surface area contributed by atoms with Gasteiger partial charge in [-0.2, -0.15) is 0 Å². The fraction of sp³-hybridized carbons (Fsp3) is 0.312. The molecule has 1 aliphatic rings. The maximum Gasteiger partial charge on any atom is 0.129 e. The summed E-state index contributed by atoms with van der Waals surface area (Å²) in [6, 6.07) is 13.2. The van der Waals surface area contributed by atoms with E-state index >= 15 is 0 Å². The van der Waals surface area contributed by atoms with Crippen molar-refractivity contribution in [1.82, 2.24) is 4.98 Å². The molecule has 1 aliphatic carbocycles. The summed E-state index contributed by atoms with van der Waals surface area (Å²) >= 11 is 0. The molecular formula is C16H18N2. The number of nitrogens with zero attached hydrogens (tertiary/aromatic N) is 1. The Hall–Kier alpha value is -1.83. The van der Waals surface area contributed by atoms with E-state index in [-0.39, 0.29) is 0 Å². The molecule has 0 fully saturated rings. The lowest BCUT2D eigenvalue weighted by Gasteiger charge is -2.27. The quantitative estimate of drug-likeness (QED) is 0.858. The van der Waals surface area contributed by atoms with Crippen LogP contribution >= 0.6 is 0 Å². The van der Waals surface area contributed by atoms with Crippen molar-refractivity contribution >= 4 is 5.82 Å². The van der Waals surface area contributed by atoms with Gasteiger partial charge in [0, 0.05) is 6.20 Å². The summed E-state index contributed by atoms with van der Waals surface area (Å²) in [5, 5.41) is 3.59. The highest BCUT2D eigenvalue weighted by molar-refractivity contribution is 5.46. The van der Waals surface area contributed by atoms with Crippen molar-refractivity contribution < 1.29 is 0 Å². The standard InChI is InChI=1S/C16H18N2/c1-12-6-5-11-17-16(12)18-15-10-4-8-13-7-2-3-9-14(13)15/h2-3,5-7,9,11,15H,4,8,10H2,1H3,(H,17,18). The van der Waals surface area contributed by atoms with Gasteiger partial charge in [-0.05, 0) is 48.9 Å². The number of nitrogens with one attached hydrogen (secondary N) is 1. The molecule has 1 heterocycles. The molecule has 1 aromatic heterocycles. The highest BCUT2D eigenvalue weighted by Crippen LogP contribution is 2.32. The van der Waals surface area contributed by atoms with E-state index in [4.69, 9.17) is 0 Å². The maximum absolute atomic E-state index is 4.43. The van der Waals surface area contributed by atoms with Crippen LogP contribution in [0.4, 0.5) is 5.82 Å². The Kier molecular flexibility index (Phi) is 3.01. The lowest BCUT2D eigenvalue weighted by Crippen LogP contribution is -2.18. The molecule has 0 saturated carbocycles. The zero-order valence-corrected chi connectivity index (χ0v) is 10.7. The van der Waals surface area contributed by atoms with Gasteiger partial charge >= 0.3 is 0 Å². The van der Waals surface area contributed by atoms with Crippen LogP contribution in [0.5, 0.6) is 0 Å². The van der Waals surface area contributed by atoms with Gasteiger partial charge in [0.2, 0.25) is 0 Å². The summed E-state index contributed by atoms with van der Waals surface area (Å²) < 4.78 is 0. The molecule has 2 aromatic rings. The van der Waals surface area contributed by atoms with Gasteiger partial charge in [0.15, 0.2) is 0 Å². The first kappa shape index (κ1) is 11.3. The molecule has 18 heavy (non-hydrogen) atoms. The van der Waals surface area contributed by atoms with Crippen molar-refractivity contribution in [3.63, 3.8) is 0 Å². The number of rotatable bonds is 2. The van der Waals surface area contributed by atoms with Gasteiger partial charge in [0.25, 0.3) is 0 Å². The summed E-state index contributed by atoms with van der Waals surface area (Å²) in [6.45, 7) is 2.10. The third-order valence-corrected chi connectivity index (χ3v) is 3.69. The van der Waals surface area contributed by atoms with Crippen molar-refractivity contribution in [3.8, 4) is 0 Å². The molecule has 0 radical (unpaired) electrons. The van der Waals surface area contributed by atoms with E-state index in [0.717, 1.165) is 5.82 Å². The molecule has 0 bridgehead atoms. The molecular weight excluding hydrogens is 220 g/mol. The van der Waals surface area contributed by atoms with E-state index in [2.05, 4.69) is 47.6 Å². The van der Waals surface area contributed by atoms with Crippen LogP contribution < -0.4 is 5.32 Å². The van der Waals surface area contributed by atoms with Crippen LogP contribution in [0.3, 0.4) is 0 Å². The Labute approximate surface area is 108 Å². The van der Waals surface area contributed by atoms with Gasteiger partial charge in [-0.1, -0.05) is 30.3 Å². The third-order valence-electron chi connectivity index (χ3n) is 3.69. The molecule has 1 N–H and O–H groups in total. The molecule has 2 heteroatoms. The minimum atomic E-state index is 0.406. The highest BCUT2D eigenvalue weighted by atomic mass is 15.0. The number of anilines is 1. The van der Waals surface area contributed by atoms with Crippen molar-refractivity contribution in [2.75, 3.05) is 5.32 Å². The average Bonchev–Trinajstić information content (AvgIpc) is 2.42. The Morgan fingerprint density at radius 1 is 1.17 bits per heavy atom. The summed E-state index contributed by atoms with van der Waals surface area (Å²) in [6.07, 6.45) is 5.49. The number of hydrogen-bond acceptors (Lipinski definition) is 2. The molecule has 2 nitrogen and oxygen atoms in total. The van der Waals surface area contributed by atoms with Gasteiger partial charge in [-0.3, -0.25) is 0 Å². The first-order valence-corrected chi connectivity index (χ1v) is 6.60. The molecule has 1 aromatic carbocycles. The van der Waals surface area contributed by atoms with E-state index in [1.807, 2.05) is 12.3 Å². The van der Waals surface area contributed by atoms with Gasteiger partial charge in [-0.25, -0.2) is 4.98 Å². The Bertz CT molecular complexity index is 548. The summed E-state index contributed by atoms with van der Waals surface area (Å²) in [5.74, 6) is 1.01. The number of hydrogen-bond donors (Lipinski definition) is 1. The normalized spacial score (nSPS) is 18.2. The van der Waals surface area contributed by atoms with E-state index < -0.39 is 0 Å². The summed E-state index contributed by atoms with van der Waals surface area (Å²) in [5.41, 5.74) is 4.13. The lowest BCUT2D eigenvalue weighted by atomic mass is 9.88. The minimum absolute atomic E-state index is 0.406.